The van der Waals surface area contributed by atoms with E-state index in [0.29, 0.717) is 5.13 Å². The Hall–Kier alpha value is -1.69. The van der Waals surface area contributed by atoms with Gasteiger partial charge in [0.2, 0.25) is 5.91 Å². The van der Waals surface area contributed by atoms with E-state index >= 15 is 0 Å². The molecule has 0 saturated heterocycles. The number of thiazole rings is 1. The normalized spacial score (nSPS) is 10.4. The fourth-order valence-corrected chi connectivity index (χ4v) is 2.10. The summed E-state index contributed by atoms with van der Waals surface area (Å²) < 4.78 is 13.7. The summed E-state index contributed by atoms with van der Waals surface area (Å²) in [6.45, 7) is 0.165. The molecule has 1 heterocycles. The molecule has 0 aliphatic carbocycles. The number of amides is 1. The highest BCUT2D eigenvalue weighted by molar-refractivity contribution is 7.22. The number of halogens is 1. The zero-order valence-corrected chi connectivity index (χ0v) is 9.40. The van der Waals surface area contributed by atoms with Gasteiger partial charge in [0.15, 0.2) is 5.13 Å². The first-order valence-electron chi connectivity index (χ1n) is 4.69. The Morgan fingerprint density at radius 3 is 3.12 bits per heavy atom. The first-order valence-corrected chi connectivity index (χ1v) is 5.51. The molecule has 2 N–H and O–H groups in total. The van der Waals surface area contributed by atoms with Gasteiger partial charge in [-0.15, -0.1) is 0 Å². The number of anilines is 1. The van der Waals surface area contributed by atoms with E-state index in [2.05, 4.69) is 15.6 Å². The van der Waals surface area contributed by atoms with E-state index in [1.54, 1.807) is 13.1 Å². The standard InChI is InChI=1S/C10H10FN3OS/c1-12-9(15)5-13-10-14-7-3-2-6(11)4-8(7)16-10/h2-4H,5H2,1H3,(H,12,15)(H,13,14). The van der Waals surface area contributed by atoms with Crippen molar-refractivity contribution in [2.24, 2.45) is 0 Å². The highest BCUT2D eigenvalue weighted by Gasteiger charge is 2.05. The summed E-state index contributed by atoms with van der Waals surface area (Å²) in [5, 5.41) is 5.99. The molecule has 2 rings (SSSR count). The van der Waals surface area contributed by atoms with Crippen LogP contribution in [0.25, 0.3) is 10.2 Å². The third kappa shape index (κ3) is 2.27. The third-order valence-electron chi connectivity index (χ3n) is 2.03. The lowest BCUT2D eigenvalue weighted by molar-refractivity contribution is -0.118. The molecular formula is C10H10FN3OS. The van der Waals surface area contributed by atoms with Crippen molar-refractivity contribution in [3.63, 3.8) is 0 Å². The van der Waals surface area contributed by atoms with Gasteiger partial charge in [0.1, 0.15) is 5.82 Å². The van der Waals surface area contributed by atoms with Crippen LogP contribution >= 0.6 is 11.3 Å². The van der Waals surface area contributed by atoms with Crippen LogP contribution in [-0.4, -0.2) is 24.5 Å². The first kappa shape index (κ1) is 10.8. The summed E-state index contributed by atoms with van der Waals surface area (Å²) in [5.74, 6) is -0.403. The fourth-order valence-electron chi connectivity index (χ4n) is 1.22. The van der Waals surface area contributed by atoms with E-state index in [1.165, 1.54) is 23.5 Å². The predicted molar refractivity (Wildman–Crippen MR) is 62.1 cm³/mol. The first-order chi connectivity index (χ1) is 7.69. The number of benzene rings is 1. The predicted octanol–water partition coefficient (Wildman–Crippen LogP) is 1.59. The average Bonchev–Trinajstić information content (AvgIpc) is 2.67. The van der Waals surface area contributed by atoms with Crippen LogP contribution in [0.15, 0.2) is 18.2 Å². The lowest BCUT2D eigenvalue weighted by atomic mass is 10.3. The van der Waals surface area contributed by atoms with Crippen LogP contribution in [0.1, 0.15) is 0 Å². The summed E-state index contributed by atoms with van der Waals surface area (Å²) in [6, 6.07) is 4.41. The quantitative estimate of drug-likeness (QED) is 0.855. The van der Waals surface area contributed by atoms with Gasteiger partial charge in [-0.1, -0.05) is 11.3 Å². The van der Waals surface area contributed by atoms with E-state index in [4.69, 9.17) is 0 Å². The van der Waals surface area contributed by atoms with Crippen LogP contribution in [0.3, 0.4) is 0 Å². The molecule has 0 fully saturated rings. The molecule has 0 spiro atoms. The molecule has 0 aliphatic heterocycles. The maximum Gasteiger partial charge on any atom is 0.239 e. The third-order valence-corrected chi connectivity index (χ3v) is 3.01. The van der Waals surface area contributed by atoms with E-state index < -0.39 is 0 Å². The van der Waals surface area contributed by atoms with Gasteiger partial charge < -0.3 is 10.6 Å². The Kier molecular flexibility index (Phi) is 3.00. The van der Waals surface area contributed by atoms with Crippen molar-refractivity contribution in [2.45, 2.75) is 0 Å². The van der Waals surface area contributed by atoms with Crippen molar-refractivity contribution in [1.82, 2.24) is 10.3 Å². The number of fused-ring (bicyclic) bond motifs is 1. The SMILES string of the molecule is CNC(=O)CNc1nc2ccc(F)cc2s1. The number of carbonyl (C=O) groups excluding carboxylic acids is 1. The molecule has 1 aromatic heterocycles. The minimum Gasteiger partial charge on any atom is -0.358 e. The largest absolute Gasteiger partial charge is 0.358 e. The topological polar surface area (TPSA) is 54.0 Å². The minimum atomic E-state index is -0.283. The van der Waals surface area contributed by atoms with E-state index in [0.717, 1.165) is 10.2 Å². The maximum atomic E-state index is 12.9. The molecule has 0 unspecified atom stereocenters. The molecule has 4 nitrogen and oxygen atoms in total. The van der Waals surface area contributed by atoms with Gasteiger partial charge in [0.05, 0.1) is 16.8 Å². The molecule has 0 atom stereocenters. The van der Waals surface area contributed by atoms with Crippen LogP contribution in [0.2, 0.25) is 0 Å². The monoisotopic (exact) mass is 239 g/mol. The lowest BCUT2D eigenvalue weighted by Crippen LogP contribution is -2.26. The summed E-state index contributed by atoms with van der Waals surface area (Å²) in [5.41, 5.74) is 0.728. The molecule has 1 amide bonds. The molecule has 0 aliphatic rings. The van der Waals surface area contributed by atoms with Crippen LogP contribution in [0, 0.1) is 5.82 Å². The summed E-state index contributed by atoms with van der Waals surface area (Å²) >= 11 is 1.32. The van der Waals surface area contributed by atoms with Crippen molar-refractivity contribution >= 4 is 32.6 Å². The van der Waals surface area contributed by atoms with Gasteiger partial charge in [0, 0.05) is 7.05 Å². The van der Waals surface area contributed by atoms with E-state index in [9.17, 15) is 9.18 Å². The minimum absolute atomic E-state index is 0.120. The van der Waals surface area contributed by atoms with Crippen molar-refractivity contribution in [3.05, 3.63) is 24.0 Å². The molecule has 6 heteroatoms. The molecule has 84 valence electrons. The Balaban J connectivity index is 2.16. The molecule has 0 radical (unpaired) electrons. The highest BCUT2D eigenvalue weighted by atomic mass is 32.1. The van der Waals surface area contributed by atoms with E-state index in [-0.39, 0.29) is 18.3 Å². The van der Waals surface area contributed by atoms with Crippen LogP contribution in [0.4, 0.5) is 9.52 Å². The van der Waals surface area contributed by atoms with Crippen molar-refractivity contribution in [3.8, 4) is 0 Å². The number of aromatic nitrogens is 1. The molecule has 2 aromatic rings. The number of nitrogens with one attached hydrogen (secondary N) is 2. The number of carbonyl (C=O) groups is 1. The van der Waals surface area contributed by atoms with Gasteiger partial charge in [-0.2, -0.15) is 0 Å². The van der Waals surface area contributed by atoms with Gasteiger partial charge in [-0.25, -0.2) is 9.37 Å². The molecule has 0 bridgehead atoms. The van der Waals surface area contributed by atoms with Crippen molar-refractivity contribution in [1.29, 1.82) is 0 Å². The summed E-state index contributed by atoms with van der Waals surface area (Å²) in [7, 11) is 1.57. The van der Waals surface area contributed by atoms with Crippen molar-refractivity contribution < 1.29 is 9.18 Å². The Morgan fingerprint density at radius 2 is 2.38 bits per heavy atom. The van der Waals surface area contributed by atoms with Gasteiger partial charge in [-0.3, -0.25) is 4.79 Å². The number of likely N-dealkylation sites (N-methyl/N-ethyl adjacent to an activating group) is 1. The van der Waals surface area contributed by atoms with Gasteiger partial charge >= 0.3 is 0 Å². The van der Waals surface area contributed by atoms with Crippen molar-refractivity contribution in [2.75, 3.05) is 18.9 Å². The average molecular weight is 239 g/mol. The zero-order chi connectivity index (χ0) is 11.5. The molecular weight excluding hydrogens is 229 g/mol. The lowest BCUT2D eigenvalue weighted by Gasteiger charge is -1.99. The second kappa shape index (κ2) is 4.44. The Bertz CT molecular complexity index is 526. The highest BCUT2D eigenvalue weighted by Crippen LogP contribution is 2.26. The second-order valence-corrected chi connectivity index (χ2v) is 4.19. The van der Waals surface area contributed by atoms with Crippen LogP contribution in [0.5, 0.6) is 0 Å². The number of rotatable bonds is 3. The fraction of sp³-hybridized carbons (Fsp3) is 0.200. The number of nitrogens with zero attached hydrogens (tertiary/aromatic N) is 1. The van der Waals surface area contributed by atoms with Gasteiger partial charge in [0.25, 0.3) is 0 Å². The number of hydrogen-bond acceptors (Lipinski definition) is 4. The van der Waals surface area contributed by atoms with Crippen LogP contribution < -0.4 is 10.6 Å². The molecule has 16 heavy (non-hydrogen) atoms. The smallest absolute Gasteiger partial charge is 0.239 e. The summed E-state index contributed by atoms with van der Waals surface area (Å²) in [6.07, 6.45) is 0. The zero-order valence-electron chi connectivity index (χ0n) is 8.58. The van der Waals surface area contributed by atoms with E-state index in [1.807, 2.05) is 0 Å². The maximum absolute atomic E-state index is 12.9. The van der Waals surface area contributed by atoms with Crippen LogP contribution in [-0.2, 0) is 4.79 Å². The summed E-state index contributed by atoms with van der Waals surface area (Å²) in [4.78, 5) is 15.2. The second-order valence-electron chi connectivity index (χ2n) is 3.16. The molecule has 0 saturated carbocycles. The number of hydrogen-bond donors (Lipinski definition) is 2. The van der Waals surface area contributed by atoms with Gasteiger partial charge in [-0.05, 0) is 18.2 Å². The Morgan fingerprint density at radius 1 is 1.56 bits per heavy atom. The molecule has 1 aromatic carbocycles. The Labute approximate surface area is 95.5 Å².